The number of nitrogens with one attached hydrogen (secondary N) is 3. The number of hydrogen-bond acceptors (Lipinski definition) is 7. The smallest absolute Gasteiger partial charge is 0.246 e. The highest BCUT2D eigenvalue weighted by Gasteiger charge is 2.20. The Balaban J connectivity index is 1.15. The molecule has 2 heterocycles. The number of aromatic amines is 1. The maximum atomic E-state index is 11.9. The van der Waals surface area contributed by atoms with E-state index in [-0.39, 0.29) is 12.5 Å². The van der Waals surface area contributed by atoms with Gasteiger partial charge in [-0.3, -0.25) is 9.78 Å². The fourth-order valence-corrected chi connectivity index (χ4v) is 3.32. The lowest BCUT2D eigenvalue weighted by Crippen LogP contribution is -2.28. The fourth-order valence-electron chi connectivity index (χ4n) is 3.32. The summed E-state index contributed by atoms with van der Waals surface area (Å²) in [4.78, 5) is 20.6. The summed E-state index contributed by atoms with van der Waals surface area (Å²) in [6.45, 7) is 0.714. The lowest BCUT2D eigenvalue weighted by Gasteiger charge is -2.12. The molecular formula is C20H23N7O2. The minimum absolute atomic E-state index is 0.00679. The van der Waals surface area contributed by atoms with Crippen LogP contribution in [0.5, 0.6) is 0 Å². The maximum absolute atomic E-state index is 11.9. The van der Waals surface area contributed by atoms with Crippen molar-refractivity contribution in [3.63, 3.8) is 0 Å². The first-order valence-corrected chi connectivity index (χ1v) is 9.59. The molecule has 0 aliphatic heterocycles. The van der Waals surface area contributed by atoms with Crippen LogP contribution in [0.2, 0.25) is 0 Å². The minimum Gasteiger partial charge on any atom is -0.371 e. The van der Waals surface area contributed by atoms with E-state index in [0.717, 1.165) is 24.4 Å². The van der Waals surface area contributed by atoms with Gasteiger partial charge in [-0.2, -0.15) is 15.4 Å². The van der Waals surface area contributed by atoms with Crippen molar-refractivity contribution in [3.8, 4) is 0 Å². The van der Waals surface area contributed by atoms with Crippen LogP contribution in [0.4, 0.5) is 5.82 Å². The van der Waals surface area contributed by atoms with Crippen LogP contribution in [0, 0.1) is 0 Å². The maximum Gasteiger partial charge on any atom is 0.246 e. The number of carbonyl (C=O) groups excluding carboxylic acids is 1. The van der Waals surface area contributed by atoms with Gasteiger partial charge in [-0.05, 0) is 24.0 Å². The van der Waals surface area contributed by atoms with Gasteiger partial charge in [0.25, 0.3) is 0 Å². The Morgan fingerprint density at radius 2 is 1.93 bits per heavy atom. The van der Waals surface area contributed by atoms with Gasteiger partial charge in [-0.25, -0.2) is 4.98 Å². The summed E-state index contributed by atoms with van der Waals surface area (Å²) in [5, 5.41) is 16.4. The van der Waals surface area contributed by atoms with Gasteiger partial charge >= 0.3 is 0 Å². The van der Waals surface area contributed by atoms with Gasteiger partial charge < -0.3 is 15.4 Å². The molecule has 29 heavy (non-hydrogen) atoms. The molecule has 1 aromatic carbocycles. The van der Waals surface area contributed by atoms with Crippen LogP contribution < -0.4 is 10.6 Å². The van der Waals surface area contributed by atoms with Gasteiger partial charge in [0, 0.05) is 12.5 Å². The molecule has 4 rings (SSSR count). The van der Waals surface area contributed by atoms with Gasteiger partial charge in [-0.15, -0.1) is 0 Å². The third-order valence-electron chi connectivity index (χ3n) is 4.78. The number of hydrogen-bond donors (Lipinski definition) is 3. The van der Waals surface area contributed by atoms with Gasteiger partial charge in [0.15, 0.2) is 0 Å². The van der Waals surface area contributed by atoms with E-state index in [9.17, 15) is 4.79 Å². The third-order valence-corrected chi connectivity index (χ3v) is 4.78. The number of anilines is 1. The predicted molar refractivity (Wildman–Crippen MR) is 106 cm³/mol. The molecule has 0 fully saturated rings. The van der Waals surface area contributed by atoms with Crippen molar-refractivity contribution in [1.82, 2.24) is 30.7 Å². The number of fused-ring (bicyclic) bond motifs is 1. The molecule has 1 aliphatic rings. The van der Waals surface area contributed by atoms with Crippen molar-refractivity contribution in [2.24, 2.45) is 0 Å². The monoisotopic (exact) mass is 393 g/mol. The molecule has 0 saturated heterocycles. The Hall–Kier alpha value is -3.33. The van der Waals surface area contributed by atoms with Crippen LogP contribution in [0.3, 0.4) is 0 Å². The molecule has 9 heteroatoms. The number of rotatable bonds is 9. The molecule has 0 unspecified atom stereocenters. The Morgan fingerprint density at radius 1 is 1.10 bits per heavy atom. The van der Waals surface area contributed by atoms with E-state index in [4.69, 9.17) is 4.74 Å². The molecule has 9 nitrogen and oxygen atoms in total. The van der Waals surface area contributed by atoms with Gasteiger partial charge in [0.05, 0.1) is 43.1 Å². The average Bonchev–Trinajstić information content (AvgIpc) is 3.40. The van der Waals surface area contributed by atoms with Crippen LogP contribution in [0.1, 0.15) is 22.5 Å². The van der Waals surface area contributed by atoms with E-state index < -0.39 is 0 Å². The third kappa shape index (κ3) is 5.35. The van der Waals surface area contributed by atoms with Crippen LogP contribution in [0.25, 0.3) is 0 Å². The molecule has 150 valence electrons. The first kappa shape index (κ1) is 19.0. The molecule has 3 aromatic rings. The zero-order valence-electron chi connectivity index (χ0n) is 16.0. The molecule has 0 spiro atoms. The molecule has 2 aromatic heterocycles. The number of H-pyrrole nitrogens is 1. The van der Waals surface area contributed by atoms with E-state index in [1.54, 1.807) is 18.6 Å². The van der Waals surface area contributed by atoms with E-state index in [1.807, 2.05) is 0 Å². The van der Waals surface area contributed by atoms with Crippen LogP contribution in [-0.4, -0.2) is 50.5 Å². The van der Waals surface area contributed by atoms with E-state index in [1.165, 1.54) is 11.1 Å². The fraction of sp³-hybridized carbons (Fsp3) is 0.350. The molecule has 0 atom stereocenters. The lowest BCUT2D eigenvalue weighted by atomic mass is 10.1. The Labute approximate surface area is 168 Å². The Morgan fingerprint density at radius 3 is 2.62 bits per heavy atom. The van der Waals surface area contributed by atoms with Crippen molar-refractivity contribution in [3.05, 3.63) is 65.4 Å². The standard InChI is InChI=1S/C20H23N7O2/c28-20(13-29-6-5-16-11-24-27-26-16)23-10-18-9-22-19(12-21-18)25-17-7-14-3-1-2-4-15(14)8-17/h1-4,9,11-12,17H,5-8,10,13H2,(H,22,25)(H,23,28)(H,24,26,27). The Bertz CT molecular complexity index is 903. The zero-order chi connectivity index (χ0) is 19.9. The molecular weight excluding hydrogens is 370 g/mol. The molecule has 3 N–H and O–H groups in total. The molecule has 0 bridgehead atoms. The summed E-state index contributed by atoms with van der Waals surface area (Å²) in [6.07, 6.45) is 7.61. The number of aromatic nitrogens is 5. The summed E-state index contributed by atoms with van der Waals surface area (Å²) in [6, 6.07) is 8.83. The van der Waals surface area contributed by atoms with Crippen LogP contribution in [0.15, 0.2) is 42.9 Å². The summed E-state index contributed by atoms with van der Waals surface area (Å²) >= 11 is 0. The van der Waals surface area contributed by atoms with E-state index >= 15 is 0 Å². The minimum atomic E-state index is -0.196. The number of benzene rings is 1. The number of amides is 1. The highest BCUT2D eigenvalue weighted by molar-refractivity contribution is 5.77. The highest BCUT2D eigenvalue weighted by atomic mass is 16.5. The van der Waals surface area contributed by atoms with Gasteiger partial charge in [0.2, 0.25) is 5.91 Å². The summed E-state index contributed by atoms with van der Waals surface area (Å²) < 4.78 is 5.34. The number of carbonyl (C=O) groups is 1. The molecule has 0 radical (unpaired) electrons. The van der Waals surface area contributed by atoms with E-state index in [0.29, 0.717) is 31.3 Å². The lowest BCUT2D eigenvalue weighted by molar-refractivity contribution is -0.125. The highest BCUT2D eigenvalue weighted by Crippen LogP contribution is 2.23. The predicted octanol–water partition coefficient (Wildman–Crippen LogP) is 1.05. The summed E-state index contributed by atoms with van der Waals surface area (Å²) in [5.74, 6) is 0.548. The first-order chi connectivity index (χ1) is 14.3. The van der Waals surface area contributed by atoms with Crippen molar-refractivity contribution in [1.29, 1.82) is 0 Å². The van der Waals surface area contributed by atoms with Crippen LogP contribution >= 0.6 is 0 Å². The second kappa shape index (κ2) is 9.24. The largest absolute Gasteiger partial charge is 0.371 e. The van der Waals surface area contributed by atoms with Crippen molar-refractivity contribution in [2.75, 3.05) is 18.5 Å². The normalized spacial score (nSPS) is 13.2. The quantitative estimate of drug-likeness (QED) is 0.465. The van der Waals surface area contributed by atoms with Crippen molar-refractivity contribution < 1.29 is 9.53 Å². The van der Waals surface area contributed by atoms with Gasteiger partial charge in [-0.1, -0.05) is 24.3 Å². The SMILES string of the molecule is O=C(COCCc1cn[nH]n1)NCc1cnc(NC2Cc3ccccc3C2)cn1. The number of nitrogens with zero attached hydrogens (tertiary/aromatic N) is 4. The second-order valence-corrected chi connectivity index (χ2v) is 6.95. The van der Waals surface area contributed by atoms with Crippen LogP contribution in [-0.2, 0) is 35.3 Å². The van der Waals surface area contributed by atoms with Gasteiger partial charge in [0.1, 0.15) is 12.4 Å². The summed E-state index contributed by atoms with van der Waals surface area (Å²) in [7, 11) is 0. The topological polar surface area (TPSA) is 118 Å². The second-order valence-electron chi connectivity index (χ2n) is 6.95. The number of ether oxygens (including phenoxy) is 1. The summed E-state index contributed by atoms with van der Waals surface area (Å²) in [5.41, 5.74) is 4.28. The van der Waals surface area contributed by atoms with Crippen molar-refractivity contribution in [2.45, 2.75) is 31.8 Å². The van der Waals surface area contributed by atoms with Crippen molar-refractivity contribution >= 4 is 11.7 Å². The molecule has 0 saturated carbocycles. The average molecular weight is 393 g/mol. The Kier molecular flexibility index (Phi) is 6.06. The zero-order valence-corrected chi connectivity index (χ0v) is 16.0. The van der Waals surface area contributed by atoms with E-state index in [2.05, 4.69) is 60.3 Å². The molecule has 1 aliphatic carbocycles. The first-order valence-electron chi connectivity index (χ1n) is 9.59. The molecule has 1 amide bonds.